The van der Waals surface area contributed by atoms with Gasteiger partial charge in [-0.25, -0.2) is 9.59 Å². The molecule has 1 atom stereocenters. The van der Waals surface area contributed by atoms with Gasteiger partial charge in [0.1, 0.15) is 5.69 Å². The van der Waals surface area contributed by atoms with Crippen LogP contribution in [0.15, 0.2) is 34.1 Å². The molecule has 160 valence electrons. The van der Waals surface area contributed by atoms with Gasteiger partial charge in [0.15, 0.2) is 0 Å². The Bertz CT molecular complexity index is 1070. The molecule has 3 rings (SSSR count). The van der Waals surface area contributed by atoms with E-state index in [1.807, 2.05) is 0 Å². The van der Waals surface area contributed by atoms with E-state index in [9.17, 15) is 19.2 Å². The first kappa shape index (κ1) is 22.5. The van der Waals surface area contributed by atoms with Gasteiger partial charge >= 0.3 is 11.7 Å². The van der Waals surface area contributed by atoms with Crippen LogP contribution in [0.4, 0.5) is 0 Å². The lowest BCUT2D eigenvalue weighted by molar-refractivity contribution is -0.122. The van der Waals surface area contributed by atoms with Crippen molar-refractivity contribution in [3.05, 3.63) is 62.2 Å². The lowest BCUT2D eigenvalue weighted by Crippen LogP contribution is -2.42. The number of pyridine rings is 1. The summed E-state index contributed by atoms with van der Waals surface area (Å²) >= 11 is 0. The number of carbonyl (C=O) groups is 3. The highest BCUT2D eigenvalue weighted by Gasteiger charge is 2.29. The van der Waals surface area contributed by atoms with Crippen LogP contribution in [0.1, 0.15) is 32.8 Å². The van der Waals surface area contributed by atoms with Gasteiger partial charge in [-0.1, -0.05) is 0 Å². The Morgan fingerprint density at radius 2 is 1.87 bits per heavy atom. The lowest BCUT2D eigenvalue weighted by Gasteiger charge is -2.18. The predicted molar refractivity (Wildman–Crippen MR) is 105 cm³/mol. The van der Waals surface area contributed by atoms with Crippen LogP contribution < -0.4 is 11.2 Å². The quantitative estimate of drug-likeness (QED) is 0.635. The highest BCUT2D eigenvalue weighted by molar-refractivity contribution is 5.92. The molecule has 2 N–H and O–H groups in total. The molecule has 2 aromatic rings. The summed E-state index contributed by atoms with van der Waals surface area (Å²) in [4.78, 5) is 61.6. The number of likely N-dealkylation sites (tertiary alicyclic amines) is 1. The van der Waals surface area contributed by atoms with Crippen molar-refractivity contribution in [3.8, 4) is 0 Å². The molecule has 0 radical (unpaired) electrons. The molecule has 11 nitrogen and oxygen atoms in total. The van der Waals surface area contributed by atoms with Crippen molar-refractivity contribution < 1.29 is 24.6 Å². The van der Waals surface area contributed by atoms with Gasteiger partial charge < -0.3 is 15.1 Å². The van der Waals surface area contributed by atoms with Crippen molar-refractivity contribution in [3.63, 3.8) is 0 Å². The number of nitrogens with zero attached hydrogens (tertiary/aromatic N) is 4. The molecule has 0 aromatic carbocycles. The van der Waals surface area contributed by atoms with Crippen molar-refractivity contribution in [1.82, 2.24) is 19.0 Å². The van der Waals surface area contributed by atoms with Crippen molar-refractivity contribution in [2.45, 2.75) is 12.8 Å². The Morgan fingerprint density at radius 1 is 1.20 bits per heavy atom. The van der Waals surface area contributed by atoms with E-state index >= 15 is 0 Å². The van der Waals surface area contributed by atoms with E-state index in [2.05, 4.69) is 4.98 Å². The first-order valence-corrected chi connectivity index (χ1v) is 9.01. The summed E-state index contributed by atoms with van der Waals surface area (Å²) in [7, 11) is 2.83. The Hall–Kier alpha value is -3.76. The molecule has 0 aliphatic carbocycles. The lowest BCUT2D eigenvalue weighted by atomic mass is 9.99. The number of hydrogen-bond donors (Lipinski definition) is 2. The molecular weight excluding hydrogens is 396 g/mol. The van der Waals surface area contributed by atoms with Gasteiger partial charge in [0.25, 0.3) is 17.9 Å². The maximum atomic E-state index is 12.8. The Balaban J connectivity index is 0.00000101. The van der Waals surface area contributed by atoms with Gasteiger partial charge in [-0.15, -0.1) is 0 Å². The van der Waals surface area contributed by atoms with Gasteiger partial charge in [-0.05, 0) is 30.4 Å². The molecule has 0 bridgehead atoms. The van der Waals surface area contributed by atoms with E-state index in [1.54, 1.807) is 17.2 Å². The smallest absolute Gasteiger partial charge is 0.337 e. The standard InChI is InChI=1S/C18H20N4O5.CH2O2/c1-20-14(7-15(23)21(2)18(20)27)16(24)22-4-3-11(10-22)5-12-6-13(17(25)26)9-19-8-12;2-1-3/h6-9,11H,3-5,10H2,1-2H3,(H,25,26);1H,(H,2,3). The van der Waals surface area contributed by atoms with Crippen LogP contribution in [0.25, 0.3) is 0 Å². The number of aromatic nitrogens is 3. The largest absolute Gasteiger partial charge is 0.483 e. The average molecular weight is 418 g/mol. The van der Waals surface area contributed by atoms with Gasteiger partial charge in [0, 0.05) is 45.6 Å². The monoisotopic (exact) mass is 418 g/mol. The van der Waals surface area contributed by atoms with E-state index in [1.165, 1.54) is 30.9 Å². The van der Waals surface area contributed by atoms with E-state index in [4.69, 9.17) is 15.0 Å². The third kappa shape index (κ3) is 4.99. The van der Waals surface area contributed by atoms with Crippen LogP contribution >= 0.6 is 0 Å². The van der Waals surface area contributed by atoms with E-state index in [0.717, 1.165) is 16.6 Å². The summed E-state index contributed by atoms with van der Waals surface area (Å²) in [5.41, 5.74) is -0.0612. The van der Waals surface area contributed by atoms with Crippen molar-refractivity contribution >= 4 is 18.3 Å². The average Bonchev–Trinajstić information content (AvgIpc) is 3.18. The molecule has 1 unspecified atom stereocenters. The zero-order valence-corrected chi connectivity index (χ0v) is 16.5. The van der Waals surface area contributed by atoms with Crippen molar-refractivity contribution in [2.24, 2.45) is 20.0 Å². The van der Waals surface area contributed by atoms with Crippen molar-refractivity contribution in [2.75, 3.05) is 13.1 Å². The molecule has 2 aromatic heterocycles. The molecule has 30 heavy (non-hydrogen) atoms. The fraction of sp³-hybridized carbons (Fsp3) is 0.368. The molecule has 1 aliphatic heterocycles. The fourth-order valence-electron chi connectivity index (χ4n) is 3.33. The summed E-state index contributed by atoms with van der Waals surface area (Å²) in [6, 6.07) is 2.77. The summed E-state index contributed by atoms with van der Waals surface area (Å²) in [6.07, 6.45) is 4.28. The van der Waals surface area contributed by atoms with Gasteiger partial charge in [-0.2, -0.15) is 0 Å². The topological polar surface area (TPSA) is 152 Å². The number of carboxylic acid groups (broad SMARTS) is 2. The van der Waals surface area contributed by atoms with Crippen molar-refractivity contribution in [1.29, 1.82) is 0 Å². The molecule has 11 heteroatoms. The first-order valence-electron chi connectivity index (χ1n) is 9.01. The van der Waals surface area contributed by atoms with Gasteiger partial charge in [-0.3, -0.25) is 28.5 Å². The normalized spacial score (nSPS) is 15.3. The zero-order valence-electron chi connectivity index (χ0n) is 16.5. The molecule has 1 saturated heterocycles. The summed E-state index contributed by atoms with van der Waals surface area (Å²) < 4.78 is 2.13. The minimum absolute atomic E-state index is 0.0679. The number of carboxylic acids is 1. The molecule has 0 saturated carbocycles. The van der Waals surface area contributed by atoms with Gasteiger partial charge in [0.05, 0.1) is 5.56 Å². The number of rotatable bonds is 4. The maximum absolute atomic E-state index is 12.8. The molecule has 1 aliphatic rings. The number of hydrogen-bond acceptors (Lipinski definition) is 6. The Labute approximate surface area is 170 Å². The van der Waals surface area contributed by atoms with E-state index in [0.29, 0.717) is 19.5 Å². The third-order valence-electron chi connectivity index (χ3n) is 4.88. The minimum atomic E-state index is -1.03. The predicted octanol–water partition coefficient (Wildman–Crippen LogP) is -0.417. The van der Waals surface area contributed by atoms with Crippen LogP contribution in [0.5, 0.6) is 0 Å². The second kappa shape index (κ2) is 9.63. The number of amides is 1. The molecule has 3 heterocycles. The maximum Gasteiger partial charge on any atom is 0.337 e. The van der Waals surface area contributed by atoms with Crippen LogP contribution in [-0.4, -0.2) is 60.7 Å². The van der Waals surface area contributed by atoms with Gasteiger partial charge in [0.2, 0.25) is 0 Å². The van der Waals surface area contributed by atoms with E-state index in [-0.39, 0.29) is 29.6 Å². The highest BCUT2D eigenvalue weighted by Crippen LogP contribution is 2.22. The second-order valence-electron chi connectivity index (χ2n) is 6.87. The summed E-state index contributed by atoms with van der Waals surface area (Å²) in [5.74, 6) is -1.23. The van der Waals surface area contributed by atoms with Crippen LogP contribution in [0.2, 0.25) is 0 Å². The molecule has 0 spiro atoms. The van der Waals surface area contributed by atoms with E-state index < -0.39 is 17.2 Å². The summed E-state index contributed by atoms with van der Waals surface area (Å²) in [5, 5.41) is 15.9. The SMILES string of the molecule is Cn1c(C(=O)N2CCC(Cc3cncc(C(=O)O)c3)C2)cc(=O)n(C)c1=O.O=CO. The molecule has 1 fully saturated rings. The second-order valence-corrected chi connectivity index (χ2v) is 6.87. The third-order valence-corrected chi connectivity index (χ3v) is 4.88. The minimum Gasteiger partial charge on any atom is -0.483 e. The van der Waals surface area contributed by atoms with Crippen LogP contribution in [0.3, 0.4) is 0 Å². The molecule has 1 amide bonds. The summed E-state index contributed by atoms with van der Waals surface area (Å²) in [6.45, 7) is 0.735. The number of carbonyl (C=O) groups excluding carboxylic acids is 1. The zero-order chi connectivity index (χ0) is 22.4. The number of aromatic carboxylic acids is 1. The first-order chi connectivity index (χ1) is 14.2. The highest BCUT2D eigenvalue weighted by atomic mass is 16.4. The van der Waals surface area contributed by atoms with Crippen LogP contribution in [0, 0.1) is 5.92 Å². The van der Waals surface area contributed by atoms with Crippen LogP contribution in [-0.2, 0) is 25.3 Å². The Morgan fingerprint density at radius 3 is 2.50 bits per heavy atom. The molecular formula is C19H22N4O7. The Kier molecular flexibility index (Phi) is 7.23. The fourth-order valence-corrected chi connectivity index (χ4v) is 3.33.